The molecule has 0 amide bonds. The Morgan fingerprint density at radius 2 is 2.00 bits per heavy atom. The summed E-state index contributed by atoms with van der Waals surface area (Å²) in [6.45, 7) is 2.83. The minimum Gasteiger partial charge on any atom is -0.313 e. The van der Waals surface area contributed by atoms with E-state index in [4.69, 9.17) is 0 Å². The Bertz CT molecular complexity index is 261. The molecule has 15 heavy (non-hydrogen) atoms. The van der Waals surface area contributed by atoms with Gasteiger partial charge in [-0.1, -0.05) is 6.92 Å². The van der Waals surface area contributed by atoms with Crippen LogP contribution < -0.4 is 10.0 Å². The van der Waals surface area contributed by atoms with Crippen LogP contribution in [0.25, 0.3) is 0 Å². The molecular weight excluding hydrogens is 232 g/mol. The van der Waals surface area contributed by atoms with Crippen molar-refractivity contribution in [2.75, 3.05) is 30.3 Å². The highest BCUT2D eigenvalue weighted by Gasteiger charge is 2.14. The van der Waals surface area contributed by atoms with Gasteiger partial charge in [0.15, 0.2) is 0 Å². The van der Waals surface area contributed by atoms with Crippen molar-refractivity contribution in [3.8, 4) is 0 Å². The van der Waals surface area contributed by atoms with Crippen LogP contribution in [0.3, 0.4) is 0 Å². The summed E-state index contributed by atoms with van der Waals surface area (Å²) in [6.07, 6.45) is 2.32. The van der Waals surface area contributed by atoms with Crippen molar-refractivity contribution in [3.63, 3.8) is 0 Å². The Morgan fingerprint density at radius 3 is 2.60 bits per heavy atom. The van der Waals surface area contributed by atoms with E-state index in [0.29, 0.717) is 19.1 Å². The zero-order valence-electron chi connectivity index (χ0n) is 9.16. The Labute approximate surface area is 96.6 Å². The standard InChI is InChI=1S/C9H20N2O2S2/c1-2-11-15(12,13)8-5-10-9-3-6-14-7-4-9/h9-11H,2-8H2,1H3. The van der Waals surface area contributed by atoms with Crippen molar-refractivity contribution in [2.24, 2.45) is 0 Å². The first kappa shape index (κ1) is 13.3. The first-order valence-electron chi connectivity index (χ1n) is 5.42. The fraction of sp³-hybridized carbons (Fsp3) is 1.00. The molecule has 90 valence electrons. The number of thioether (sulfide) groups is 1. The van der Waals surface area contributed by atoms with E-state index >= 15 is 0 Å². The molecule has 1 fully saturated rings. The van der Waals surface area contributed by atoms with Gasteiger partial charge in [0.2, 0.25) is 10.0 Å². The van der Waals surface area contributed by atoms with Crippen LogP contribution in [0.4, 0.5) is 0 Å². The van der Waals surface area contributed by atoms with Crippen LogP contribution in [0.15, 0.2) is 0 Å². The van der Waals surface area contributed by atoms with E-state index in [9.17, 15) is 8.42 Å². The van der Waals surface area contributed by atoms with Crippen molar-refractivity contribution in [2.45, 2.75) is 25.8 Å². The van der Waals surface area contributed by atoms with Gasteiger partial charge in [0.05, 0.1) is 5.75 Å². The van der Waals surface area contributed by atoms with Crippen molar-refractivity contribution in [1.82, 2.24) is 10.0 Å². The third kappa shape index (κ3) is 5.75. The maximum Gasteiger partial charge on any atom is 0.212 e. The van der Waals surface area contributed by atoms with Crippen molar-refractivity contribution < 1.29 is 8.42 Å². The lowest BCUT2D eigenvalue weighted by atomic mass is 10.1. The van der Waals surface area contributed by atoms with Gasteiger partial charge in [0.1, 0.15) is 0 Å². The molecule has 0 saturated carbocycles. The van der Waals surface area contributed by atoms with Crippen molar-refractivity contribution in [3.05, 3.63) is 0 Å². The molecule has 1 rings (SSSR count). The van der Waals surface area contributed by atoms with E-state index in [1.54, 1.807) is 6.92 Å². The summed E-state index contributed by atoms with van der Waals surface area (Å²) in [7, 11) is -3.05. The quantitative estimate of drug-likeness (QED) is 0.719. The molecule has 0 bridgehead atoms. The summed E-state index contributed by atoms with van der Waals surface area (Å²) >= 11 is 1.98. The zero-order valence-corrected chi connectivity index (χ0v) is 10.8. The molecule has 6 heteroatoms. The maximum absolute atomic E-state index is 11.3. The van der Waals surface area contributed by atoms with Crippen molar-refractivity contribution >= 4 is 21.8 Å². The predicted molar refractivity (Wildman–Crippen MR) is 65.8 cm³/mol. The van der Waals surface area contributed by atoms with Gasteiger partial charge in [0.25, 0.3) is 0 Å². The van der Waals surface area contributed by atoms with Crippen LogP contribution in [0, 0.1) is 0 Å². The molecule has 1 aliphatic rings. The molecular formula is C9H20N2O2S2. The van der Waals surface area contributed by atoms with Gasteiger partial charge < -0.3 is 5.32 Å². The van der Waals surface area contributed by atoms with Gasteiger partial charge in [-0.2, -0.15) is 11.8 Å². The molecule has 0 atom stereocenters. The first-order valence-corrected chi connectivity index (χ1v) is 8.23. The van der Waals surface area contributed by atoms with E-state index in [1.165, 1.54) is 11.5 Å². The van der Waals surface area contributed by atoms with E-state index in [1.807, 2.05) is 11.8 Å². The van der Waals surface area contributed by atoms with Crippen LogP contribution in [0.2, 0.25) is 0 Å². The Morgan fingerprint density at radius 1 is 1.33 bits per heavy atom. The molecule has 4 nitrogen and oxygen atoms in total. The van der Waals surface area contributed by atoms with Gasteiger partial charge in [0, 0.05) is 19.1 Å². The number of rotatable bonds is 6. The van der Waals surface area contributed by atoms with Crippen LogP contribution >= 0.6 is 11.8 Å². The molecule has 0 aliphatic carbocycles. The second-order valence-corrected chi connectivity index (χ2v) is 6.81. The zero-order chi connectivity index (χ0) is 11.1. The first-order chi connectivity index (χ1) is 7.14. The molecule has 0 radical (unpaired) electrons. The lowest BCUT2D eigenvalue weighted by Crippen LogP contribution is -2.38. The second-order valence-electron chi connectivity index (χ2n) is 3.66. The number of hydrogen-bond acceptors (Lipinski definition) is 4. The molecule has 0 unspecified atom stereocenters. The fourth-order valence-electron chi connectivity index (χ4n) is 1.59. The lowest BCUT2D eigenvalue weighted by Gasteiger charge is -2.22. The lowest BCUT2D eigenvalue weighted by molar-refractivity contribution is 0.494. The smallest absolute Gasteiger partial charge is 0.212 e. The average molecular weight is 252 g/mol. The summed E-state index contributed by atoms with van der Waals surface area (Å²) in [5, 5.41) is 3.30. The normalized spacial score (nSPS) is 19.3. The molecule has 1 heterocycles. The average Bonchev–Trinajstić information content (AvgIpc) is 2.19. The SMILES string of the molecule is CCNS(=O)(=O)CCNC1CCSCC1. The summed E-state index contributed by atoms with van der Waals surface area (Å²) in [5.41, 5.74) is 0. The van der Waals surface area contributed by atoms with E-state index in [-0.39, 0.29) is 5.75 Å². The number of sulfonamides is 1. The van der Waals surface area contributed by atoms with Crippen LogP contribution in [0.1, 0.15) is 19.8 Å². The maximum atomic E-state index is 11.3. The largest absolute Gasteiger partial charge is 0.313 e. The van der Waals surface area contributed by atoms with Crippen LogP contribution in [0.5, 0.6) is 0 Å². The predicted octanol–water partition coefficient (Wildman–Crippen LogP) is 0.411. The molecule has 0 aromatic carbocycles. The van der Waals surface area contributed by atoms with Gasteiger partial charge in [-0.05, 0) is 24.3 Å². The van der Waals surface area contributed by atoms with Gasteiger partial charge in [-0.15, -0.1) is 0 Å². The minimum atomic E-state index is -3.05. The highest BCUT2D eigenvalue weighted by atomic mass is 32.2. The topological polar surface area (TPSA) is 58.2 Å². The minimum absolute atomic E-state index is 0.185. The summed E-state index contributed by atoms with van der Waals surface area (Å²) in [5.74, 6) is 2.57. The molecule has 1 aliphatic heterocycles. The van der Waals surface area contributed by atoms with Gasteiger partial charge in [-0.25, -0.2) is 13.1 Å². The Kier molecular flexibility index (Phi) is 5.96. The van der Waals surface area contributed by atoms with E-state index in [0.717, 1.165) is 12.8 Å². The summed E-state index contributed by atoms with van der Waals surface area (Å²) in [6, 6.07) is 0.517. The Hall–Kier alpha value is 0.220. The molecule has 0 aromatic heterocycles. The molecule has 0 aromatic rings. The third-order valence-corrected chi connectivity index (χ3v) is 4.91. The Balaban J connectivity index is 2.14. The molecule has 2 N–H and O–H groups in total. The van der Waals surface area contributed by atoms with E-state index in [2.05, 4.69) is 10.0 Å². The summed E-state index contributed by atoms with van der Waals surface area (Å²) < 4.78 is 25.1. The van der Waals surface area contributed by atoms with Crippen LogP contribution in [-0.2, 0) is 10.0 Å². The molecule has 1 saturated heterocycles. The number of hydrogen-bond donors (Lipinski definition) is 2. The highest BCUT2D eigenvalue weighted by molar-refractivity contribution is 7.99. The van der Waals surface area contributed by atoms with Crippen molar-refractivity contribution in [1.29, 1.82) is 0 Å². The highest BCUT2D eigenvalue weighted by Crippen LogP contribution is 2.16. The molecule has 0 spiro atoms. The van der Waals surface area contributed by atoms with E-state index < -0.39 is 10.0 Å². The summed E-state index contributed by atoms with van der Waals surface area (Å²) in [4.78, 5) is 0. The van der Waals surface area contributed by atoms with Gasteiger partial charge >= 0.3 is 0 Å². The fourth-order valence-corrected chi connectivity index (χ4v) is 3.67. The van der Waals surface area contributed by atoms with Gasteiger partial charge in [-0.3, -0.25) is 0 Å². The third-order valence-electron chi connectivity index (χ3n) is 2.39. The second kappa shape index (κ2) is 6.73. The van der Waals surface area contributed by atoms with Crippen LogP contribution in [-0.4, -0.2) is 44.8 Å². The monoisotopic (exact) mass is 252 g/mol. The number of nitrogens with one attached hydrogen (secondary N) is 2.